The molecule has 0 aliphatic carbocycles. The molecule has 0 fully saturated rings. The first-order chi connectivity index (χ1) is 11.0. The van der Waals surface area contributed by atoms with Crippen LogP contribution in [0.2, 0.25) is 0 Å². The predicted molar refractivity (Wildman–Crippen MR) is 83.1 cm³/mol. The van der Waals surface area contributed by atoms with Gasteiger partial charge in [-0.2, -0.15) is 5.26 Å². The number of thioether (sulfide) groups is 1. The molecular formula is C15H13N3O4S. The third-order valence-electron chi connectivity index (χ3n) is 3.01. The summed E-state index contributed by atoms with van der Waals surface area (Å²) in [4.78, 5) is 27.2. The van der Waals surface area contributed by atoms with Gasteiger partial charge in [-0.3, -0.25) is 9.59 Å². The number of aryl methyl sites for hydroxylation is 1. The summed E-state index contributed by atoms with van der Waals surface area (Å²) in [6, 6.07) is 5.28. The number of nitrogens with zero attached hydrogens (tertiary/aromatic N) is 2. The Balaban J connectivity index is 2.73. The number of nitrogens with one attached hydrogen (secondary N) is 1. The molecule has 1 amide bonds. The number of carbonyl (C=O) groups excluding carboxylic acids is 1. The Bertz CT molecular complexity index is 794. The number of hydrogen-bond donors (Lipinski definition) is 2. The number of amides is 1. The van der Waals surface area contributed by atoms with Gasteiger partial charge in [0.2, 0.25) is 0 Å². The molecule has 0 radical (unpaired) electrons. The highest BCUT2D eigenvalue weighted by atomic mass is 32.2. The summed E-state index contributed by atoms with van der Waals surface area (Å²) in [6.07, 6.45) is 1.43. The molecule has 23 heavy (non-hydrogen) atoms. The smallest absolute Gasteiger partial charge is 0.313 e. The Morgan fingerprint density at radius 1 is 1.52 bits per heavy atom. The number of carboxylic acids is 1. The summed E-state index contributed by atoms with van der Waals surface area (Å²) in [7, 11) is 1.48. The van der Waals surface area contributed by atoms with Crippen LogP contribution in [0.25, 0.3) is 11.3 Å². The highest BCUT2D eigenvalue weighted by molar-refractivity contribution is 7.99. The van der Waals surface area contributed by atoms with Gasteiger partial charge < -0.3 is 14.8 Å². The second-order valence-corrected chi connectivity index (χ2v) is 5.44. The molecule has 2 N–H and O–H groups in total. The third kappa shape index (κ3) is 3.35. The highest BCUT2D eigenvalue weighted by Gasteiger charge is 2.25. The number of pyridine rings is 1. The maximum absolute atomic E-state index is 12.2. The summed E-state index contributed by atoms with van der Waals surface area (Å²) < 4.78 is 5.35. The van der Waals surface area contributed by atoms with Gasteiger partial charge in [0, 0.05) is 7.05 Å². The van der Waals surface area contributed by atoms with E-state index in [-0.39, 0.29) is 21.9 Å². The molecule has 118 valence electrons. The molecule has 0 unspecified atom stereocenters. The Morgan fingerprint density at radius 3 is 2.78 bits per heavy atom. The zero-order valence-corrected chi connectivity index (χ0v) is 13.2. The molecule has 0 saturated carbocycles. The summed E-state index contributed by atoms with van der Waals surface area (Å²) in [6.45, 7) is 1.63. The lowest BCUT2D eigenvalue weighted by Crippen LogP contribution is -2.21. The Morgan fingerprint density at radius 2 is 2.26 bits per heavy atom. The maximum atomic E-state index is 12.2. The predicted octanol–water partition coefficient (Wildman–Crippen LogP) is 2.06. The average Bonchev–Trinajstić information content (AvgIpc) is 3.05. The van der Waals surface area contributed by atoms with Crippen molar-refractivity contribution in [3.63, 3.8) is 0 Å². The minimum absolute atomic E-state index is 0.121. The number of aliphatic carboxylic acids is 1. The summed E-state index contributed by atoms with van der Waals surface area (Å²) >= 11 is 0.927. The van der Waals surface area contributed by atoms with E-state index in [4.69, 9.17) is 9.52 Å². The SMILES string of the molecule is CNC(=O)c1c(C)nc(SCC(=O)O)c(C#N)c1-c1ccco1. The van der Waals surface area contributed by atoms with E-state index in [0.29, 0.717) is 17.0 Å². The number of carboxylic acid groups (broad SMARTS) is 1. The molecule has 0 spiro atoms. The fraction of sp³-hybridized carbons (Fsp3) is 0.200. The number of aromatic nitrogens is 1. The van der Waals surface area contributed by atoms with E-state index in [1.807, 2.05) is 6.07 Å². The summed E-state index contributed by atoms with van der Waals surface area (Å²) in [5, 5.41) is 21.1. The largest absolute Gasteiger partial charge is 0.481 e. The van der Waals surface area contributed by atoms with Gasteiger partial charge in [-0.15, -0.1) is 0 Å². The number of rotatable bonds is 5. The lowest BCUT2D eigenvalue weighted by Gasteiger charge is -2.14. The van der Waals surface area contributed by atoms with Gasteiger partial charge >= 0.3 is 5.97 Å². The van der Waals surface area contributed by atoms with Crippen molar-refractivity contribution in [3.05, 3.63) is 35.2 Å². The van der Waals surface area contributed by atoms with Crippen molar-refractivity contribution in [1.29, 1.82) is 5.26 Å². The van der Waals surface area contributed by atoms with E-state index < -0.39 is 11.9 Å². The molecule has 2 aromatic rings. The number of carbonyl (C=O) groups is 2. The van der Waals surface area contributed by atoms with Crippen molar-refractivity contribution in [2.45, 2.75) is 11.9 Å². The molecule has 0 aliphatic heterocycles. The molecule has 2 rings (SSSR count). The summed E-state index contributed by atoms with van der Waals surface area (Å²) in [5.74, 6) is -1.30. The molecule has 0 aliphatic rings. The minimum atomic E-state index is -1.02. The van der Waals surface area contributed by atoms with Crippen LogP contribution in [0, 0.1) is 18.3 Å². The number of furan rings is 1. The van der Waals surface area contributed by atoms with Gasteiger partial charge in [0.25, 0.3) is 5.91 Å². The fourth-order valence-corrected chi connectivity index (χ4v) is 2.84. The van der Waals surface area contributed by atoms with Crippen LogP contribution in [0.15, 0.2) is 27.8 Å². The quantitative estimate of drug-likeness (QED) is 0.805. The van der Waals surface area contributed by atoms with Crippen LogP contribution in [-0.4, -0.2) is 34.8 Å². The molecule has 0 bridgehead atoms. The van der Waals surface area contributed by atoms with Gasteiger partial charge in [-0.25, -0.2) is 4.98 Å². The zero-order chi connectivity index (χ0) is 17.0. The van der Waals surface area contributed by atoms with Crippen LogP contribution < -0.4 is 5.32 Å². The molecule has 2 heterocycles. The van der Waals surface area contributed by atoms with E-state index in [1.165, 1.54) is 13.3 Å². The third-order valence-corrected chi connectivity index (χ3v) is 3.97. The normalized spacial score (nSPS) is 10.1. The van der Waals surface area contributed by atoms with E-state index in [0.717, 1.165) is 11.8 Å². The second-order valence-electron chi connectivity index (χ2n) is 4.48. The molecule has 0 saturated heterocycles. The van der Waals surface area contributed by atoms with Crippen molar-refractivity contribution in [1.82, 2.24) is 10.3 Å². The van der Waals surface area contributed by atoms with Crippen LogP contribution in [-0.2, 0) is 4.79 Å². The molecule has 8 heteroatoms. The molecular weight excluding hydrogens is 318 g/mol. The first-order valence-corrected chi connectivity index (χ1v) is 7.53. The molecule has 7 nitrogen and oxygen atoms in total. The average molecular weight is 331 g/mol. The van der Waals surface area contributed by atoms with Crippen molar-refractivity contribution in [2.24, 2.45) is 0 Å². The Labute approximate surface area is 136 Å². The van der Waals surface area contributed by atoms with Crippen LogP contribution >= 0.6 is 11.8 Å². The number of nitriles is 1. The maximum Gasteiger partial charge on any atom is 0.313 e. The van der Waals surface area contributed by atoms with E-state index in [1.54, 1.807) is 19.1 Å². The van der Waals surface area contributed by atoms with Crippen molar-refractivity contribution < 1.29 is 19.1 Å². The van der Waals surface area contributed by atoms with Crippen molar-refractivity contribution in [3.8, 4) is 17.4 Å². The molecule has 0 aromatic carbocycles. The van der Waals surface area contributed by atoms with Gasteiger partial charge in [-0.05, 0) is 19.1 Å². The minimum Gasteiger partial charge on any atom is -0.481 e. The van der Waals surface area contributed by atoms with Gasteiger partial charge in [0.1, 0.15) is 16.9 Å². The van der Waals surface area contributed by atoms with Crippen molar-refractivity contribution in [2.75, 3.05) is 12.8 Å². The van der Waals surface area contributed by atoms with E-state index in [9.17, 15) is 14.9 Å². The van der Waals surface area contributed by atoms with Crippen molar-refractivity contribution >= 4 is 23.6 Å². The monoisotopic (exact) mass is 331 g/mol. The van der Waals surface area contributed by atoms with Crippen LogP contribution in [0.3, 0.4) is 0 Å². The first-order valence-electron chi connectivity index (χ1n) is 6.54. The lowest BCUT2D eigenvalue weighted by molar-refractivity contribution is -0.133. The lowest BCUT2D eigenvalue weighted by atomic mass is 9.99. The topological polar surface area (TPSA) is 116 Å². The molecule has 2 aromatic heterocycles. The highest BCUT2D eigenvalue weighted by Crippen LogP contribution is 2.34. The Hall–Kier alpha value is -2.79. The van der Waals surface area contributed by atoms with Crippen LogP contribution in [0.1, 0.15) is 21.6 Å². The fourth-order valence-electron chi connectivity index (χ4n) is 2.09. The summed E-state index contributed by atoms with van der Waals surface area (Å²) in [5.41, 5.74) is 1.06. The molecule has 0 atom stereocenters. The van der Waals surface area contributed by atoms with Crippen LogP contribution in [0.4, 0.5) is 0 Å². The Kier molecular flexibility index (Phi) is 5.03. The van der Waals surface area contributed by atoms with Crippen LogP contribution in [0.5, 0.6) is 0 Å². The zero-order valence-electron chi connectivity index (χ0n) is 12.4. The number of hydrogen-bond acceptors (Lipinski definition) is 6. The van der Waals surface area contributed by atoms with Gasteiger partial charge in [0.15, 0.2) is 0 Å². The van der Waals surface area contributed by atoms with E-state index >= 15 is 0 Å². The standard InChI is InChI=1S/C15H13N3O4S/c1-8-12(14(21)17-2)13(10-4-3-5-22-10)9(6-16)15(18-8)23-7-11(19)20/h3-5H,7H2,1-2H3,(H,17,21)(H,19,20). The van der Waals surface area contributed by atoms with Gasteiger partial charge in [-0.1, -0.05) is 11.8 Å². The first kappa shape index (κ1) is 16.6. The van der Waals surface area contributed by atoms with E-state index in [2.05, 4.69) is 10.3 Å². The second kappa shape index (κ2) is 6.98. The van der Waals surface area contributed by atoms with Gasteiger partial charge in [0.05, 0.1) is 34.4 Å².